The van der Waals surface area contributed by atoms with Gasteiger partial charge in [-0.15, -0.1) is 0 Å². The van der Waals surface area contributed by atoms with Crippen LogP contribution in [-0.4, -0.2) is 47.0 Å². The van der Waals surface area contributed by atoms with Crippen LogP contribution in [0.5, 0.6) is 5.75 Å². The van der Waals surface area contributed by atoms with Crippen LogP contribution in [-0.2, 0) is 47.0 Å². The minimum absolute atomic E-state index is 0.0516. The molecule has 0 unspecified atom stereocenters. The largest absolute Gasteiger partial charge is 0.486 e. The van der Waals surface area contributed by atoms with Gasteiger partial charge in [-0.3, -0.25) is 13.9 Å². The number of ether oxygens (including phenoxy) is 2. The summed E-state index contributed by atoms with van der Waals surface area (Å²) in [6.07, 6.45) is -6.91. The molecule has 0 saturated carbocycles. The molecule has 0 saturated heterocycles. The molecule has 0 radical (unpaired) electrons. The Kier molecular flexibility index (Phi) is 9.27. The number of esters is 1. The average Bonchev–Trinajstić information content (AvgIpc) is 2.91. The van der Waals surface area contributed by atoms with Crippen molar-refractivity contribution in [2.45, 2.75) is 68.2 Å². The maximum Gasteiger partial charge on any atom is 0.416 e. The molecule has 1 aliphatic heterocycles. The molecular weight excluding hydrogens is 637 g/mol. The molecule has 45 heavy (non-hydrogen) atoms. The first-order valence-electron chi connectivity index (χ1n) is 13.6. The number of nitrogens with zero attached hydrogens (tertiary/aromatic N) is 1. The maximum atomic E-state index is 13.8. The fourth-order valence-corrected chi connectivity index (χ4v) is 7.40. The third-order valence-corrected chi connectivity index (χ3v) is 9.83. The van der Waals surface area contributed by atoms with Gasteiger partial charge in [0.1, 0.15) is 17.5 Å². The van der Waals surface area contributed by atoms with Crippen molar-refractivity contribution in [3.8, 4) is 5.75 Å². The molecule has 3 aromatic carbocycles. The van der Waals surface area contributed by atoms with Crippen LogP contribution in [0.25, 0.3) is 0 Å². The predicted molar refractivity (Wildman–Crippen MR) is 158 cm³/mol. The Morgan fingerprint density at radius 1 is 0.978 bits per heavy atom. The van der Waals surface area contributed by atoms with Crippen LogP contribution in [0.4, 0.5) is 18.9 Å². The summed E-state index contributed by atoms with van der Waals surface area (Å²) in [6, 6.07) is 13.3. The third kappa shape index (κ3) is 8.14. The number of nitrogens with one attached hydrogen (secondary N) is 1. The lowest BCUT2D eigenvalue weighted by molar-refractivity contribution is -0.154. The van der Waals surface area contributed by atoms with Crippen LogP contribution in [0.15, 0.2) is 76.5 Å². The van der Waals surface area contributed by atoms with E-state index >= 15 is 0 Å². The van der Waals surface area contributed by atoms with Gasteiger partial charge in [-0.1, -0.05) is 30.3 Å². The SMILES string of the molecule is Cc1ccccc1S(=O)(=O)NC(=O)C[C@H]1CN(S(=O)(=O)c2cccc(C(F)(F)F)c2)c2cc(CC(=O)OC(C)(C)C)ccc2O1. The standard InChI is InChI=1S/C30H31F3N2O8S2/c1-19-8-5-6-11-26(19)44(38,39)34-27(36)17-22-18-35(45(40,41)23-10-7-9-21(16-23)30(31,32)33)24-14-20(12-13-25(24)42-22)15-28(37)43-29(2,3)4/h5-14,16,22H,15,17-18H2,1-4H3,(H,34,36)/t22-/m0/s1. The number of anilines is 1. The number of fused-ring (bicyclic) bond motifs is 1. The van der Waals surface area contributed by atoms with Crippen LogP contribution in [0, 0.1) is 6.92 Å². The van der Waals surface area contributed by atoms with Crippen molar-refractivity contribution >= 4 is 37.6 Å². The number of carbonyl (C=O) groups is 2. The van der Waals surface area contributed by atoms with Crippen LogP contribution in [0.1, 0.15) is 43.9 Å². The second-order valence-electron chi connectivity index (χ2n) is 11.4. The minimum atomic E-state index is -4.82. The van der Waals surface area contributed by atoms with Gasteiger partial charge < -0.3 is 9.47 Å². The van der Waals surface area contributed by atoms with Crippen molar-refractivity contribution in [2.75, 3.05) is 10.8 Å². The van der Waals surface area contributed by atoms with Gasteiger partial charge in [0.2, 0.25) is 5.91 Å². The molecule has 0 aromatic heterocycles. The van der Waals surface area contributed by atoms with Crippen LogP contribution < -0.4 is 13.8 Å². The van der Waals surface area contributed by atoms with Crippen molar-refractivity contribution in [1.82, 2.24) is 4.72 Å². The topological polar surface area (TPSA) is 136 Å². The predicted octanol–water partition coefficient (Wildman–Crippen LogP) is 4.75. The highest BCUT2D eigenvalue weighted by Crippen LogP contribution is 2.39. The molecule has 0 fully saturated rings. The summed E-state index contributed by atoms with van der Waals surface area (Å²) < 4.78 is 108. The molecule has 1 aliphatic rings. The van der Waals surface area contributed by atoms with E-state index in [-0.39, 0.29) is 22.8 Å². The molecule has 242 valence electrons. The Morgan fingerprint density at radius 3 is 2.31 bits per heavy atom. The number of benzene rings is 3. The van der Waals surface area contributed by atoms with Gasteiger partial charge >= 0.3 is 12.1 Å². The number of hydrogen-bond acceptors (Lipinski definition) is 8. The summed E-state index contributed by atoms with van der Waals surface area (Å²) in [7, 11) is -8.97. The van der Waals surface area contributed by atoms with Crippen molar-refractivity contribution in [3.05, 3.63) is 83.4 Å². The first-order valence-corrected chi connectivity index (χ1v) is 16.5. The monoisotopic (exact) mass is 668 g/mol. The fourth-order valence-electron chi connectivity index (χ4n) is 4.62. The van der Waals surface area contributed by atoms with Crippen molar-refractivity contribution in [1.29, 1.82) is 0 Å². The number of hydrogen-bond donors (Lipinski definition) is 1. The normalized spacial score (nSPS) is 15.5. The zero-order valence-corrected chi connectivity index (χ0v) is 26.3. The molecule has 0 spiro atoms. The Balaban J connectivity index is 1.68. The molecule has 10 nitrogen and oxygen atoms in total. The Hall–Kier alpha value is -4.11. The molecule has 0 aliphatic carbocycles. The van der Waals surface area contributed by atoms with E-state index in [0.29, 0.717) is 17.2 Å². The highest BCUT2D eigenvalue weighted by atomic mass is 32.2. The third-order valence-electron chi connectivity index (χ3n) is 6.52. The first-order chi connectivity index (χ1) is 20.8. The van der Waals surface area contributed by atoms with E-state index in [2.05, 4.69) is 0 Å². The lowest BCUT2D eigenvalue weighted by Crippen LogP contribution is -2.46. The highest BCUT2D eigenvalue weighted by Gasteiger charge is 2.38. The maximum absolute atomic E-state index is 13.8. The molecule has 4 rings (SSSR count). The van der Waals surface area contributed by atoms with E-state index < -0.39 is 73.2 Å². The molecule has 1 amide bonds. The summed E-state index contributed by atoms with van der Waals surface area (Å²) in [5, 5.41) is 0. The van der Waals surface area contributed by atoms with E-state index in [1.165, 1.54) is 30.3 Å². The van der Waals surface area contributed by atoms with Crippen molar-refractivity contribution in [3.63, 3.8) is 0 Å². The zero-order chi connectivity index (χ0) is 33.4. The van der Waals surface area contributed by atoms with Gasteiger partial charge in [0.25, 0.3) is 20.0 Å². The summed E-state index contributed by atoms with van der Waals surface area (Å²) in [5.41, 5.74) is -1.34. The van der Waals surface area contributed by atoms with E-state index in [9.17, 15) is 39.6 Å². The van der Waals surface area contributed by atoms with Crippen molar-refractivity contribution in [2.24, 2.45) is 0 Å². The first kappa shape index (κ1) is 33.8. The Bertz CT molecular complexity index is 1840. The molecule has 0 bridgehead atoms. The van der Waals surface area contributed by atoms with E-state index in [1.807, 2.05) is 4.72 Å². The van der Waals surface area contributed by atoms with E-state index in [1.54, 1.807) is 39.8 Å². The minimum Gasteiger partial charge on any atom is -0.486 e. The summed E-state index contributed by atoms with van der Waals surface area (Å²) in [6.45, 7) is 6.03. The van der Waals surface area contributed by atoms with Crippen LogP contribution in [0.3, 0.4) is 0 Å². The molecular formula is C30H31F3N2O8S2. The summed E-state index contributed by atoms with van der Waals surface area (Å²) >= 11 is 0. The molecule has 15 heteroatoms. The lowest BCUT2D eigenvalue weighted by Gasteiger charge is -2.35. The van der Waals surface area contributed by atoms with Gasteiger partial charge in [0.05, 0.1) is 40.4 Å². The second kappa shape index (κ2) is 12.4. The highest BCUT2D eigenvalue weighted by molar-refractivity contribution is 7.92. The average molecular weight is 669 g/mol. The van der Waals surface area contributed by atoms with E-state index in [0.717, 1.165) is 22.5 Å². The number of aryl methyl sites for hydroxylation is 1. The molecule has 3 aromatic rings. The fraction of sp³-hybridized carbons (Fsp3) is 0.333. The van der Waals surface area contributed by atoms with Gasteiger partial charge in [-0.2, -0.15) is 13.2 Å². The number of sulfonamides is 2. The van der Waals surface area contributed by atoms with E-state index in [4.69, 9.17) is 9.47 Å². The number of halogens is 3. The number of amides is 1. The van der Waals surface area contributed by atoms with Crippen LogP contribution >= 0.6 is 0 Å². The number of carbonyl (C=O) groups excluding carboxylic acids is 2. The van der Waals surface area contributed by atoms with Crippen molar-refractivity contribution < 1.29 is 49.1 Å². The second-order valence-corrected chi connectivity index (χ2v) is 14.9. The Morgan fingerprint density at radius 2 is 1.67 bits per heavy atom. The Labute approximate surface area is 259 Å². The zero-order valence-electron chi connectivity index (χ0n) is 24.7. The molecule has 1 N–H and O–H groups in total. The summed E-state index contributed by atoms with van der Waals surface area (Å²) in [4.78, 5) is 24.5. The summed E-state index contributed by atoms with van der Waals surface area (Å²) in [5.74, 6) is -1.65. The molecule has 1 heterocycles. The molecule has 1 atom stereocenters. The smallest absolute Gasteiger partial charge is 0.416 e. The number of rotatable bonds is 8. The van der Waals surface area contributed by atoms with Gasteiger partial charge in [0.15, 0.2) is 0 Å². The van der Waals surface area contributed by atoms with Crippen LogP contribution in [0.2, 0.25) is 0 Å². The van der Waals surface area contributed by atoms with Gasteiger partial charge in [-0.05, 0) is 75.2 Å². The van der Waals surface area contributed by atoms with Gasteiger partial charge in [0, 0.05) is 0 Å². The number of alkyl halides is 3. The van der Waals surface area contributed by atoms with Gasteiger partial charge in [-0.25, -0.2) is 21.6 Å². The quantitative estimate of drug-likeness (QED) is 0.340. The lowest BCUT2D eigenvalue weighted by atomic mass is 10.1.